The van der Waals surface area contributed by atoms with Gasteiger partial charge in [0.2, 0.25) is 6.23 Å². The molecule has 0 aromatic heterocycles. The van der Waals surface area contributed by atoms with Gasteiger partial charge in [-0.2, -0.15) is 0 Å². The van der Waals surface area contributed by atoms with Gasteiger partial charge in [0.05, 0.1) is 6.61 Å². The molecule has 0 aromatic rings. The van der Waals surface area contributed by atoms with E-state index in [1.807, 2.05) is 6.19 Å². The molecule has 1 aliphatic heterocycles. The topological polar surface area (TPSA) is 49.6 Å². The Kier molecular flexibility index (Phi) is 2.49. The Morgan fingerprint density at radius 3 is 3.00 bits per heavy atom. The van der Waals surface area contributed by atoms with Crippen molar-refractivity contribution in [1.29, 1.82) is 5.26 Å². The maximum atomic E-state index is 8.23. The Morgan fingerprint density at radius 2 is 2.44 bits per heavy atom. The van der Waals surface area contributed by atoms with E-state index in [0.29, 0.717) is 0 Å². The molecular formula is C6H11N2O+. The first-order chi connectivity index (χ1) is 4.43. The van der Waals surface area contributed by atoms with Crippen LogP contribution in [0.25, 0.3) is 0 Å². The Labute approximate surface area is 54.6 Å². The minimum atomic E-state index is 0.115. The van der Waals surface area contributed by atoms with E-state index in [2.05, 4.69) is 0 Å². The molecule has 1 atom stereocenters. The van der Waals surface area contributed by atoms with Gasteiger partial charge in [-0.05, 0) is 12.8 Å². The average molecular weight is 127 g/mol. The van der Waals surface area contributed by atoms with Crippen molar-refractivity contribution in [3.05, 3.63) is 0 Å². The van der Waals surface area contributed by atoms with Crippen molar-refractivity contribution in [3.8, 4) is 6.19 Å². The van der Waals surface area contributed by atoms with E-state index in [-0.39, 0.29) is 6.23 Å². The highest BCUT2D eigenvalue weighted by Crippen LogP contribution is 2.06. The van der Waals surface area contributed by atoms with Crippen LogP contribution < -0.4 is 5.32 Å². The third-order valence-electron chi connectivity index (χ3n) is 1.48. The lowest BCUT2D eigenvalue weighted by atomic mass is 10.2. The molecule has 1 fully saturated rings. The summed E-state index contributed by atoms with van der Waals surface area (Å²) in [6.45, 7) is 0.822. The molecule has 0 radical (unpaired) electrons. The Morgan fingerprint density at radius 1 is 1.56 bits per heavy atom. The maximum Gasteiger partial charge on any atom is 0.307 e. The highest BCUT2D eigenvalue weighted by Gasteiger charge is 2.15. The summed E-state index contributed by atoms with van der Waals surface area (Å²) in [5.41, 5.74) is 0. The van der Waals surface area contributed by atoms with Crippen LogP contribution in [0.3, 0.4) is 0 Å². The Balaban J connectivity index is 2.17. The van der Waals surface area contributed by atoms with Crippen molar-refractivity contribution < 1.29 is 10.1 Å². The van der Waals surface area contributed by atoms with Gasteiger partial charge < -0.3 is 4.74 Å². The number of quaternary nitrogens is 1. The summed E-state index contributed by atoms with van der Waals surface area (Å²) in [4.78, 5) is 0. The number of ether oxygens (including phenoxy) is 1. The normalized spacial score (nSPS) is 27.2. The number of rotatable bonds is 1. The zero-order valence-corrected chi connectivity index (χ0v) is 5.34. The minimum absolute atomic E-state index is 0.115. The van der Waals surface area contributed by atoms with E-state index in [0.717, 1.165) is 19.4 Å². The molecule has 1 saturated heterocycles. The highest BCUT2D eigenvalue weighted by molar-refractivity contribution is 4.53. The van der Waals surface area contributed by atoms with Crippen LogP contribution in [-0.4, -0.2) is 12.8 Å². The largest absolute Gasteiger partial charge is 0.328 e. The molecule has 9 heavy (non-hydrogen) atoms. The van der Waals surface area contributed by atoms with Crippen LogP contribution in [0.15, 0.2) is 0 Å². The summed E-state index contributed by atoms with van der Waals surface area (Å²) >= 11 is 0. The number of hydrogen-bond acceptors (Lipinski definition) is 2. The molecule has 0 spiro atoms. The smallest absolute Gasteiger partial charge is 0.307 e. The van der Waals surface area contributed by atoms with E-state index in [9.17, 15) is 0 Å². The first kappa shape index (κ1) is 6.53. The molecule has 50 valence electrons. The van der Waals surface area contributed by atoms with E-state index < -0.39 is 0 Å². The third kappa shape index (κ3) is 2.00. The number of nitrogens with zero attached hydrogens (tertiary/aromatic N) is 1. The van der Waals surface area contributed by atoms with Crippen LogP contribution in [-0.2, 0) is 4.74 Å². The maximum absolute atomic E-state index is 8.23. The third-order valence-corrected chi connectivity index (χ3v) is 1.48. The van der Waals surface area contributed by atoms with Gasteiger partial charge >= 0.3 is 6.19 Å². The van der Waals surface area contributed by atoms with Gasteiger partial charge in [0, 0.05) is 6.42 Å². The molecule has 1 heterocycles. The summed E-state index contributed by atoms with van der Waals surface area (Å²) in [6.07, 6.45) is 5.47. The quantitative estimate of drug-likeness (QED) is 0.485. The predicted molar refractivity (Wildman–Crippen MR) is 31.1 cm³/mol. The summed E-state index contributed by atoms with van der Waals surface area (Å²) in [6, 6.07) is 0. The van der Waals surface area contributed by atoms with Crippen LogP contribution >= 0.6 is 0 Å². The zero-order valence-electron chi connectivity index (χ0n) is 5.34. The first-order valence-corrected chi connectivity index (χ1v) is 3.28. The van der Waals surface area contributed by atoms with Crippen molar-refractivity contribution >= 4 is 0 Å². The number of hydrogen-bond donors (Lipinski definition) is 1. The molecule has 3 nitrogen and oxygen atoms in total. The summed E-state index contributed by atoms with van der Waals surface area (Å²) < 4.78 is 5.24. The van der Waals surface area contributed by atoms with Crippen LogP contribution in [0.4, 0.5) is 0 Å². The predicted octanol–water partition coefficient (Wildman–Crippen LogP) is -0.443. The van der Waals surface area contributed by atoms with Crippen LogP contribution in [0.5, 0.6) is 0 Å². The number of nitrogens with two attached hydrogens (primary N) is 1. The van der Waals surface area contributed by atoms with Crippen LogP contribution in [0.2, 0.25) is 0 Å². The summed E-state index contributed by atoms with van der Waals surface area (Å²) in [5.74, 6) is 0. The second-order valence-electron chi connectivity index (χ2n) is 2.20. The fourth-order valence-corrected chi connectivity index (χ4v) is 0.980. The van der Waals surface area contributed by atoms with Gasteiger partial charge in [0.15, 0.2) is 0 Å². The lowest BCUT2D eigenvalue weighted by molar-refractivity contribution is -0.659. The van der Waals surface area contributed by atoms with E-state index >= 15 is 0 Å². The summed E-state index contributed by atoms with van der Waals surface area (Å²) in [5, 5.41) is 9.80. The van der Waals surface area contributed by atoms with E-state index in [1.165, 1.54) is 6.42 Å². The fraction of sp³-hybridized carbons (Fsp3) is 0.833. The SMILES string of the molecule is N#C[NH2+]C1CCCCO1. The molecule has 1 aliphatic rings. The molecule has 3 heteroatoms. The molecule has 0 aromatic carbocycles. The summed E-state index contributed by atoms with van der Waals surface area (Å²) in [7, 11) is 0. The molecule has 0 saturated carbocycles. The van der Waals surface area contributed by atoms with Crippen LogP contribution in [0, 0.1) is 11.5 Å². The lowest BCUT2D eigenvalue weighted by Crippen LogP contribution is -2.86. The Bertz CT molecular complexity index is 113. The van der Waals surface area contributed by atoms with Crippen molar-refractivity contribution in [1.82, 2.24) is 0 Å². The standard InChI is InChI=1S/C6H10N2O/c7-5-8-6-3-1-2-4-9-6/h6,8H,1-4H2/p+1. The lowest BCUT2D eigenvalue weighted by Gasteiger charge is -2.16. The second-order valence-corrected chi connectivity index (χ2v) is 2.20. The molecule has 0 aliphatic carbocycles. The van der Waals surface area contributed by atoms with Gasteiger partial charge in [-0.25, -0.2) is 5.32 Å². The fourth-order valence-electron chi connectivity index (χ4n) is 0.980. The van der Waals surface area contributed by atoms with E-state index in [1.54, 1.807) is 5.32 Å². The van der Waals surface area contributed by atoms with E-state index in [4.69, 9.17) is 10.00 Å². The van der Waals surface area contributed by atoms with Crippen LogP contribution in [0.1, 0.15) is 19.3 Å². The molecule has 0 bridgehead atoms. The van der Waals surface area contributed by atoms with Crippen molar-refractivity contribution in [3.63, 3.8) is 0 Å². The molecule has 1 rings (SSSR count). The van der Waals surface area contributed by atoms with Crippen molar-refractivity contribution in [2.75, 3.05) is 6.61 Å². The van der Waals surface area contributed by atoms with Gasteiger partial charge in [0.25, 0.3) is 0 Å². The molecule has 0 amide bonds. The van der Waals surface area contributed by atoms with Gasteiger partial charge in [-0.1, -0.05) is 0 Å². The Hall–Kier alpha value is -0.590. The second kappa shape index (κ2) is 3.44. The molecule has 2 N–H and O–H groups in total. The molecule has 1 unspecified atom stereocenters. The number of nitriles is 1. The monoisotopic (exact) mass is 127 g/mol. The highest BCUT2D eigenvalue weighted by atomic mass is 16.5. The average Bonchev–Trinajstić information content (AvgIpc) is 1.91. The van der Waals surface area contributed by atoms with Gasteiger partial charge in [0.1, 0.15) is 0 Å². The minimum Gasteiger partial charge on any atom is -0.328 e. The zero-order chi connectivity index (χ0) is 6.53. The molecular weight excluding hydrogens is 116 g/mol. The van der Waals surface area contributed by atoms with Crippen molar-refractivity contribution in [2.45, 2.75) is 25.5 Å². The van der Waals surface area contributed by atoms with Crippen molar-refractivity contribution in [2.24, 2.45) is 0 Å². The first-order valence-electron chi connectivity index (χ1n) is 3.28. The van der Waals surface area contributed by atoms with Gasteiger partial charge in [-0.15, -0.1) is 5.26 Å². The van der Waals surface area contributed by atoms with Gasteiger partial charge in [-0.3, -0.25) is 0 Å².